The van der Waals surface area contributed by atoms with Crippen LogP contribution < -0.4 is 11.5 Å². The van der Waals surface area contributed by atoms with Crippen LogP contribution in [0.1, 0.15) is 96.8 Å². The van der Waals surface area contributed by atoms with Gasteiger partial charge in [-0.2, -0.15) is 0 Å². The number of hydrogen-bond acceptors (Lipinski definition) is 4. The first-order valence-electron chi connectivity index (χ1n) is 9.35. The summed E-state index contributed by atoms with van der Waals surface area (Å²) in [5, 5.41) is 0. The van der Waals surface area contributed by atoms with E-state index in [1.165, 1.54) is 44.9 Å². The second kappa shape index (κ2) is 16.8. The van der Waals surface area contributed by atoms with Gasteiger partial charge in [0.15, 0.2) is 6.23 Å². The van der Waals surface area contributed by atoms with Gasteiger partial charge in [0.25, 0.3) is 0 Å². The van der Waals surface area contributed by atoms with Gasteiger partial charge in [0.2, 0.25) is 0 Å². The normalized spacial score (nSPS) is 12.3. The quantitative estimate of drug-likeness (QED) is 0.253. The Kier molecular flexibility index (Phi) is 16.3. The van der Waals surface area contributed by atoms with E-state index in [0.717, 1.165) is 38.5 Å². The Labute approximate surface area is 137 Å². The maximum Gasteiger partial charge on any atom is 0.307 e. The fourth-order valence-corrected chi connectivity index (χ4v) is 2.53. The van der Waals surface area contributed by atoms with Crippen LogP contribution in [0.4, 0.5) is 0 Å². The van der Waals surface area contributed by atoms with E-state index < -0.39 is 6.23 Å². The summed E-state index contributed by atoms with van der Waals surface area (Å²) in [6.45, 7) is 2.96. The molecule has 1 unspecified atom stereocenters. The van der Waals surface area contributed by atoms with Gasteiger partial charge in [0.1, 0.15) is 0 Å². The molecule has 0 heterocycles. The molecule has 0 aromatic carbocycles. The smallest absolute Gasteiger partial charge is 0.307 e. The lowest BCUT2D eigenvalue weighted by Gasteiger charge is -2.12. The van der Waals surface area contributed by atoms with Crippen molar-refractivity contribution < 1.29 is 9.53 Å². The van der Waals surface area contributed by atoms with Gasteiger partial charge in [0.05, 0.1) is 0 Å². The van der Waals surface area contributed by atoms with Gasteiger partial charge >= 0.3 is 5.97 Å². The highest BCUT2D eigenvalue weighted by Crippen LogP contribution is 2.11. The molecule has 0 amide bonds. The molecule has 132 valence electrons. The summed E-state index contributed by atoms with van der Waals surface area (Å²) in [4.78, 5) is 11.6. The molecule has 0 aromatic heterocycles. The van der Waals surface area contributed by atoms with Gasteiger partial charge in [-0.1, -0.05) is 64.7 Å². The number of nitrogens with two attached hydrogens (primary N) is 2. The van der Waals surface area contributed by atoms with Crippen molar-refractivity contribution in [1.82, 2.24) is 0 Å². The molecule has 0 saturated heterocycles. The molecule has 0 bridgehead atoms. The van der Waals surface area contributed by atoms with Crippen LogP contribution in [0.5, 0.6) is 0 Å². The molecule has 0 fully saturated rings. The van der Waals surface area contributed by atoms with E-state index in [0.29, 0.717) is 13.0 Å². The first-order valence-corrected chi connectivity index (χ1v) is 9.35. The second-order valence-corrected chi connectivity index (χ2v) is 6.24. The number of ether oxygens (including phenoxy) is 1. The van der Waals surface area contributed by atoms with Gasteiger partial charge < -0.3 is 10.5 Å². The molecule has 0 saturated carbocycles. The SMILES string of the molecule is CCCCCCCCCCCC(=O)OC(N)CCCCCN. The first kappa shape index (κ1) is 21.4. The van der Waals surface area contributed by atoms with Crippen LogP contribution in [-0.4, -0.2) is 18.7 Å². The number of carbonyl (C=O) groups is 1. The molecule has 1 atom stereocenters. The summed E-state index contributed by atoms with van der Waals surface area (Å²) in [7, 11) is 0. The predicted molar refractivity (Wildman–Crippen MR) is 93.4 cm³/mol. The molecule has 4 heteroatoms. The minimum absolute atomic E-state index is 0.144. The van der Waals surface area contributed by atoms with Crippen molar-refractivity contribution in [1.29, 1.82) is 0 Å². The average molecular weight is 315 g/mol. The zero-order chi connectivity index (χ0) is 16.5. The third-order valence-electron chi connectivity index (χ3n) is 3.96. The molecule has 0 aliphatic rings. The Morgan fingerprint density at radius 1 is 0.864 bits per heavy atom. The van der Waals surface area contributed by atoms with Crippen molar-refractivity contribution in [2.24, 2.45) is 11.5 Å². The third kappa shape index (κ3) is 15.8. The van der Waals surface area contributed by atoms with Gasteiger partial charge in [-0.15, -0.1) is 0 Å². The zero-order valence-corrected chi connectivity index (χ0v) is 14.7. The highest BCUT2D eigenvalue weighted by molar-refractivity contribution is 5.69. The van der Waals surface area contributed by atoms with E-state index in [9.17, 15) is 4.79 Å². The molecule has 0 radical (unpaired) electrons. The van der Waals surface area contributed by atoms with Gasteiger partial charge in [0, 0.05) is 6.42 Å². The predicted octanol–water partition coefficient (Wildman–Crippen LogP) is 4.25. The Hall–Kier alpha value is -0.610. The van der Waals surface area contributed by atoms with E-state index in [-0.39, 0.29) is 5.97 Å². The van der Waals surface area contributed by atoms with Crippen LogP contribution in [0.2, 0.25) is 0 Å². The number of unbranched alkanes of at least 4 members (excludes halogenated alkanes) is 10. The summed E-state index contributed by atoms with van der Waals surface area (Å²) in [5.74, 6) is -0.144. The van der Waals surface area contributed by atoms with E-state index in [2.05, 4.69) is 6.92 Å². The van der Waals surface area contributed by atoms with Crippen LogP contribution >= 0.6 is 0 Å². The minimum atomic E-state index is -0.441. The van der Waals surface area contributed by atoms with E-state index >= 15 is 0 Å². The number of rotatable bonds is 16. The minimum Gasteiger partial charge on any atom is -0.447 e. The monoisotopic (exact) mass is 314 g/mol. The van der Waals surface area contributed by atoms with Crippen molar-refractivity contribution in [3.05, 3.63) is 0 Å². The van der Waals surface area contributed by atoms with Crippen molar-refractivity contribution >= 4 is 5.97 Å². The highest BCUT2D eigenvalue weighted by atomic mass is 16.6. The average Bonchev–Trinajstić information content (AvgIpc) is 2.50. The topological polar surface area (TPSA) is 78.3 Å². The second-order valence-electron chi connectivity index (χ2n) is 6.24. The van der Waals surface area contributed by atoms with Crippen molar-refractivity contribution in [3.8, 4) is 0 Å². The molecular formula is C18H38N2O2. The maximum absolute atomic E-state index is 11.6. The molecule has 22 heavy (non-hydrogen) atoms. The summed E-state index contributed by atoms with van der Waals surface area (Å²) < 4.78 is 5.21. The summed E-state index contributed by atoms with van der Waals surface area (Å²) in [6.07, 6.45) is 15.1. The Bertz CT molecular complexity index is 247. The standard InChI is InChI=1S/C18H38N2O2/c1-2-3-4-5-6-7-8-9-12-15-18(21)22-17(20)14-11-10-13-16-19/h17H,2-16,19-20H2,1H3. The summed E-state index contributed by atoms with van der Waals surface area (Å²) in [5.41, 5.74) is 11.2. The molecule has 0 aliphatic heterocycles. The molecule has 0 rings (SSSR count). The molecule has 0 spiro atoms. The lowest BCUT2D eigenvalue weighted by molar-refractivity contribution is -0.149. The van der Waals surface area contributed by atoms with Crippen LogP contribution in [0.15, 0.2) is 0 Å². The third-order valence-corrected chi connectivity index (χ3v) is 3.96. The lowest BCUT2D eigenvalue weighted by Crippen LogP contribution is -2.27. The summed E-state index contributed by atoms with van der Waals surface area (Å²) in [6, 6.07) is 0. The molecule has 4 N–H and O–H groups in total. The first-order chi connectivity index (χ1) is 10.7. The van der Waals surface area contributed by atoms with E-state index in [1.807, 2.05) is 0 Å². The van der Waals surface area contributed by atoms with Crippen LogP contribution in [0, 0.1) is 0 Å². The van der Waals surface area contributed by atoms with Crippen LogP contribution in [0.25, 0.3) is 0 Å². The zero-order valence-electron chi connectivity index (χ0n) is 14.7. The van der Waals surface area contributed by atoms with Gasteiger partial charge in [-0.05, 0) is 32.2 Å². The van der Waals surface area contributed by atoms with Crippen molar-refractivity contribution in [3.63, 3.8) is 0 Å². The Balaban J connectivity index is 3.31. The summed E-state index contributed by atoms with van der Waals surface area (Å²) >= 11 is 0. The molecular weight excluding hydrogens is 276 g/mol. The lowest BCUT2D eigenvalue weighted by atomic mass is 10.1. The molecule has 0 aliphatic carbocycles. The van der Waals surface area contributed by atoms with Crippen molar-refractivity contribution in [2.75, 3.05) is 6.54 Å². The Morgan fingerprint density at radius 2 is 1.41 bits per heavy atom. The fraction of sp³-hybridized carbons (Fsp3) is 0.944. The fourth-order valence-electron chi connectivity index (χ4n) is 2.53. The van der Waals surface area contributed by atoms with Crippen molar-refractivity contribution in [2.45, 2.75) is 103 Å². The van der Waals surface area contributed by atoms with Crippen LogP contribution in [-0.2, 0) is 9.53 Å². The van der Waals surface area contributed by atoms with Crippen LogP contribution in [0.3, 0.4) is 0 Å². The largest absolute Gasteiger partial charge is 0.447 e. The van der Waals surface area contributed by atoms with E-state index in [1.54, 1.807) is 0 Å². The van der Waals surface area contributed by atoms with Gasteiger partial charge in [-0.3, -0.25) is 10.5 Å². The highest BCUT2D eigenvalue weighted by Gasteiger charge is 2.09. The number of esters is 1. The van der Waals surface area contributed by atoms with E-state index in [4.69, 9.17) is 16.2 Å². The molecule has 0 aromatic rings. The Morgan fingerprint density at radius 3 is 2.00 bits per heavy atom. The molecule has 4 nitrogen and oxygen atoms in total. The van der Waals surface area contributed by atoms with Gasteiger partial charge in [-0.25, -0.2) is 0 Å². The maximum atomic E-state index is 11.6. The number of hydrogen-bond donors (Lipinski definition) is 2. The number of carbonyl (C=O) groups excluding carboxylic acids is 1.